The van der Waals surface area contributed by atoms with Gasteiger partial charge in [0.25, 0.3) is 0 Å². The number of nitrogens with zero attached hydrogens (tertiary/aromatic N) is 4. The SMILES string of the molecule is [C-]#[N+]c1cc2c(cc1N1CCC(N3CCN(C4CC4)CC3)CC1)C(C)(C)c1[nH]c3cc(C#C)ccc3c1C2=O. The first kappa shape index (κ1) is 24.5. The summed E-state index contributed by atoms with van der Waals surface area (Å²) in [4.78, 5) is 29.1. The minimum atomic E-state index is -0.414. The van der Waals surface area contributed by atoms with Gasteiger partial charge in [0.1, 0.15) is 0 Å². The third kappa shape index (κ3) is 3.89. The molecule has 0 atom stereocenters. The summed E-state index contributed by atoms with van der Waals surface area (Å²) in [5.41, 5.74) is 6.07. The Labute approximate surface area is 230 Å². The smallest absolute Gasteiger partial charge is 0.210 e. The topological polar surface area (TPSA) is 46.9 Å². The second-order valence-corrected chi connectivity index (χ2v) is 12.3. The molecule has 1 N–H and O–H groups in total. The number of carbonyl (C=O) groups is 1. The van der Waals surface area contributed by atoms with Gasteiger partial charge >= 0.3 is 0 Å². The van der Waals surface area contributed by atoms with Gasteiger partial charge in [-0.15, -0.1) is 6.42 Å². The van der Waals surface area contributed by atoms with Crippen LogP contribution in [0.3, 0.4) is 0 Å². The summed E-state index contributed by atoms with van der Waals surface area (Å²) in [6.45, 7) is 19.0. The molecule has 7 rings (SSSR count). The van der Waals surface area contributed by atoms with Crippen LogP contribution in [0, 0.1) is 18.9 Å². The molecule has 2 aliphatic heterocycles. The number of piperidine rings is 1. The maximum absolute atomic E-state index is 13.9. The van der Waals surface area contributed by atoms with E-state index in [1.165, 1.54) is 39.0 Å². The van der Waals surface area contributed by atoms with E-state index in [2.05, 4.69) is 50.4 Å². The van der Waals surface area contributed by atoms with Crippen molar-refractivity contribution in [2.75, 3.05) is 44.2 Å². The Morgan fingerprint density at radius 1 is 0.974 bits per heavy atom. The zero-order valence-corrected chi connectivity index (χ0v) is 22.9. The molecule has 39 heavy (non-hydrogen) atoms. The lowest BCUT2D eigenvalue weighted by atomic mass is 9.71. The first-order valence-corrected chi connectivity index (χ1v) is 14.4. The predicted octanol–water partition coefficient (Wildman–Crippen LogP) is 5.32. The summed E-state index contributed by atoms with van der Waals surface area (Å²) >= 11 is 0. The minimum Gasteiger partial charge on any atom is -0.380 e. The Morgan fingerprint density at radius 2 is 1.64 bits per heavy atom. The molecular formula is C33H35N5O. The molecule has 4 aliphatic rings. The van der Waals surface area contributed by atoms with Crippen LogP contribution in [0.5, 0.6) is 0 Å². The lowest BCUT2D eigenvalue weighted by molar-refractivity contribution is 0.0809. The quantitative estimate of drug-likeness (QED) is 0.377. The normalized spacial score (nSPS) is 21.8. The first-order chi connectivity index (χ1) is 18.9. The average molecular weight is 518 g/mol. The number of piperazine rings is 1. The van der Waals surface area contributed by atoms with Crippen molar-refractivity contribution in [3.05, 3.63) is 69.7 Å². The van der Waals surface area contributed by atoms with Gasteiger partial charge in [0.2, 0.25) is 5.69 Å². The third-order valence-electron chi connectivity index (χ3n) is 9.70. The highest BCUT2D eigenvalue weighted by atomic mass is 16.1. The number of fused-ring (bicyclic) bond motifs is 4. The molecule has 6 nitrogen and oxygen atoms in total. The first-order valence-electron chi connectivity index (χ1n) is 14.4. The molecule has 2 aliphatic carbocycles. The Bertz CT molecular complexity index is 1560. The van der Waals surface area contributed by atoms with Crippen LogP contribution >= 0.6 is 0 Å². The average Bonchev–Trinajstić information content (AvgIpc) is 3.75. The van der Waals surface area contributed by atoms with Gasteiger partial charge < -0.3 is 9.88 Å². The van der Waals surface area contributed by atoms with Gasteiger partial charge in [-0.05, 0) is 55.5 Å². The number of rotatable bonds is 3. The lowest BCUT2D eigenvalue weighted by Crippen LogP contribution is -2.53. The Kier molecular flexibility index (Phi) is 5.63. The van der Waals surface area contributed by atoms with Crippen LogP contribution in [-0.4, -0.2) is 71.9 Å². The molecule has 1 aromatic heterocycles. The summed E-state index contributed by atoms with van der Waals surface area (Å²) in [6, 6.07) is 11.2. The van der Waals surface area contributed by atoms with Crippen molar-refractivity contribution in [1.82, 2.24) is 14.8 Å². The van der Waals surface area contributed by atoms with Gasteiger partial charge in [0, 0.05) is 90.2 Å². The Morgan fingerprint density at radius 3 is 2.26 bits per heavy atom. The van der Waals surface area contributed by atoms with Crippen molar-refractivity contribution in [2.45, 2.75) is 57.0 Å². The van der Waals surface area contributed by atoms with Gasteiger partial charge in [0.05, 0.1) is 12.1 Å². The van der Waals surface area contributed by atoms with Crippen LogP contribution in [0.2, 0.25) is 0 Å². The zero-order valence-electron chi connectivity index (χ0n) is 22.9. The second kappa shape index (κ2) is 8.98. The number of H-pyrrole nitrogens is 1. The molecule has 3 heterocycles. The largest absolute Gasteiger partial charge is 0.380 e. The van der Waals surface area contributed by atoms with E-state index in [9.17, 15) is 4.79 Å². The van der Waals surface area contributed by atoms with Crippen LogP contribution in [0.25, 0.3) is 15.7 Å². The zero-order chi connectivity index (χ0) is 26.9. The molecule has 0 spiro atoms. The van der Waals surface area contributed by atoms with E-state index in [0.717, 1.165) is 65.4 Å². The van der Waals surface area contributed by atoms with Crippen molar-refractivity contribution in [3.8, 4) is 12.3 Å². The van der Waals surface area contributed by atoms with Gasteiger partial charge in [-0.3, -0.25) is 14.6 Å². The van der Waals surface area contributed by atoms with Crippen LogP contribution in [0.15, 0.2) is 30.3 Å². The third-order valence-corrected chi connectivity index (χ3v) is 9.70. The Hall–Kier alpha value is -3.58. The summed E-state index contributed by atoms with van der Waals surface area (Å²) in [5.74, 6) is 2.68. The van der Waals surface area contributed by atoms with Crippen molar-refractivity contribution < 1.29 is 4.79 Å². The van der Waals surface area contributed by atoms with Crippen LogP contribution in [0.4, 0.5) is 11.4 Å². The van der Waals surface area contributed by atoms with Crippen molar-refractivity contribution in [2.24, 2.45) is 0 Å². The van der Waals surface area contributed by atoms with E-state index in [0.29, 0.717) is 22.9 Å². The van der Waals surface area contributed by atoms with E-state index in [1.807, 2.05) is 24.3 Å². The summed E-state index contributed by atoms with van der Waals surface area (Å²) in [5, 5.41) is 0.890. The van der Waals surface area contributed by atoms with Crippen molar-refractivity contribution in [1.29, 1.82) is 0 Å². The van der Waals surface area contributed by atoms with Crippen molar-refractivity contribution >= 4 is 28.1 Å². The van der Waals surface area contributed by atoms with Crippen LogP contribution < -0.4 is 4.90 Å². The maximum Gasteiger partial charge on any atom is 0.210 e. The van der Waals surface area contributed by atoms with Gasteiger partial charge in [-0.1, -0.05) is 25.8 Å². The number of nitrogens with one attached hydrogen (secondary N) is 1. The molecule has 3 aromatic rings. The van der Waals surface area contributed by atoms with E-state index in [4.69, 9.17) is 13.0 Å². The van der Waals surface area contributed by atoms with Crippen LogP contribution in [0.1, 0.15) is 72.3 Å². The van der Waals surface area contributed by atoms with E-state index < -0.39 is 5.41 Å². The molecule has 1 saturated carbocycles. The minimum absolute atomic E-state index is 0.0143. The van der Waals surface area contributed by atoms with E-state index >= 15 is 0 Å². The molecular weight excluding hydrogens is 482 g/mol. The number of ketones is 1. The summed E-state index contributed by atoms with van der Waals surface area (Å²) in [7, 11) is 0. The molecule has 2 saturated heterocycles. The highest BCUT2D eigenvalue weighted by Crippen LogP contribution is 2.47. The lowest BCUT2D eigenvalue weighted by Gasteiger charge is -2.44. The highest BCUT2D eigenvalue weighted by molar-refractivity contribution is 6.20. The molecule has 0 amide bonds. The molecule has 0 bridgehead atoms. The maximum atomic E-state index is 13.9. The van der Waals surface area contributed by atoms with E-state index in [1.54, 1.807) is 0 Å². The molecule has 0 radical (unpaired) electrons. The van der Waals surface area contributed by atoms with Gasteiger partial charge in [0.15, 0.2) is 5.78 Å². The van der Waals surface area contributed by atoms with Crippen LogP contribution in [-0.2, 0) is 5.41 Å². The number of benzene rings is 2. The van der Waals surface area contributed by atoms with E-state index in [-0.39, 0.29) is 5.78 Å². The molecule has 2 aromatic carbocycles. The number of hydrogen-bond donors (Lipinski definition) is 1. The standard InChI is InChI=1S/C33H35N5O/c1-5-21-6-9-24-27(18-21)35-32-30(24)31(39)25-19-28(34-4)29(20-26(25)33(32,2)3)38-12-10-23(11-13-38)37-16-14-36(15-17-37)22-7-8-22/h1,6,9,18-20,22-23,35H,7-8,10-17H2,2-3H3. The summed E-state index contributed by atoms with van der Waals surface area (Å²) in [6.07, 6.45) is 10.6. The number of aromatic amines is 1. The Balaban J connectivity index is 1.17. The number of terminal acetylenes is 1. The summed E-state index contributed by atoms with van der Waals surface area (Å²) < 4.78 is 0. The van der Waals surface area contributed by atoms with Gasteiger partial charge in [-0.2, -0.15) is 0 Å². The molecule has 6 heteroatoms. The monoisotopic (exact) mass is 517 g/mol. The molecule has 0 unspecified atom stereocenters. The fraction of sp³-hybridized carbons (Fsp3) is 0.455. The highest BCUT2D eigenvalue weighted by Gasteiger charge is 2.41. The molecule has 198 valence electrons. The number of anilines is 1. The number of carbonyl (C=O) groups excluding carboxylic acids is 1. The fourth-order valence-electron chi connectivity index (χ4n) is 7.27. The molecule has 3 fully saturated rings. The fourth-order valence-corrected chi connectivity index (χ4v) is 7.27. The predicted molar refractivity (Wildman–Crippen MR) is 156 cm³/mol. The number of hydrogen-bond acceptors (Lipinski definition) is 4. The number of aromatic nitrogens is 1. The van der Waals surface area contributed by atoms with Gasteiger partial charge in [-0.25, -0.2) is 4.85 Å². The van der Waals surface area contributed by atoms with Crippen molar-refractivity contribution in [3.63, 3.8) is 0 Å². The second-order valence-electron chi connectivity index (χ2n) is 12.3.